The molecule has 0 aromatic heterocycles. The molecule has 0 aliphatic carbocycles. The van der Waals surface area contributed by atoms with E-state index in [0.717, 1.165) is 12.0 Å². The van der Waals surface area contributed by atoms with Crippen molar-refractivity contribution < 1.29 is 24.2 Å². The lowest BCUT2D eigenvalue weighted by molar-refractivity contribution is -0.137. The quantitative estimate of drug-likeness (QED) is 0.855. The predicted molar refractivity (Wildman–Crippen MR) is 84.2 cm³/mol. The Morgan fingerprint density at radius 2 is 2.09 bits per heavy atom. The van der Waals surface area contributed by atoms with Gasteiger partial charge in [-0.25, -0.2) is 4.79 Å². The van der Waals surface area contributed by atoms with Gasteiger partial charge in [0, 0.05) is 26.6 Å². The van der Waals surface area contributed by atoms with Gasteiger partial charge in [-0.3, -0.25) is 4.79 Å². The molecule has 0 fully saturated rings. The van der Waals surface area contributed by atoms with Gasteiger partial charge in [0.15, 0.2) is 11.5 Å². The van der Waals surface area contributed by atoms with Crippen LogP contribution in [0, 0.1) is 0 Å². The third kappa shape index (κ3) is 4.92. The summed E-state index contributed by atoms with van der Waals surface area (Å²) in [5.41, 5.74) is 0.777. The zero-order valence-electron chi connectivity index (χ0n) is 12.8. The zero-order valence-corrected chi connectivity index (χ0v) is 13.6. The van der Waals surface area contributed by atoms with Gasteiger partial charge in [-0.2, -0.15) is 0 Å². The highest BCUT2D eigenvalue weighted by molar-refractivity contribution is 6.32. The second-order valence-corrected chi connectivity index (χ2v) is 5.59. The van der Waals surface area contributed by atoms with Crippen LogP contribution >= 0.6 is 11.6 Å². The Labute approximate surface area is 139 Å². The molecule has 0 unspecified atom stereocenters. The summed E-state index contributed by atoms with van der Waals surface area (Å²) in [5, 5.41) is 11.8. The molecule has 0 bridgehead atoms. The number of carboxylic acids is 1. The fourth-order valence-electron chi connectivity index (χ4n) is 2.06. The predicted octanol–water partition coefficient (Wildman–Crippen LogP) is 2.12. The highest BCUT2D eigenvalue weighted by Crippen LogP contribution is 2.37. The third-order valence-corrected chi connectivity index (χ3v) is 3.59. The van der Waals surface area contributed by atoms with Crippen LogP contribution in [0.25, 0.3) is 0 Å². The molecule has 0 atom stereocenters. The molecule has 0 saturated carbocycles. The number of carbonyl (C=O) groups is 2. The Bertz CT molecular complexity index is 593. The van der Waals surface area contributed by atoms with E-state index in [-0.39, 0.29) is 25.5 Å². The first kappa shape index (κ1) is 17.2. The molecule has 23 heavy (non-hydrogen) atoms. The highest BCUT2D eigenvalue weighted by atomic mass is 35.5. The Balaban J connectivity index is 1.95. The lowest BCUT2D eigenvalue weighted by Crippen LogP contribution is -2.37. The van der Waals surface area contributed by atoms with Gasteiger partial charge in [0.1, 0.15) is 0 Å². The third-order valence-electron chi connectivity index (χ3n) is 3.31. The van der Waals surface area contributed by atoms with Gasteiger partial charge >= 0.3 is 12.0 Å². The van der Waals surface area contributed by atoms with Gasteiger partial charge < -0.3 is 24.8 Å². The number of urea groups is 1. The monoisotopic (exact) mass is 342 g/mol. The summed E-state index contributed by atoms with van der Waals surface area (Å²) in [4.78, 5) is 23.7. The first-order chi connectivity index (χ1) is 11.0. The van der Waals surface area contributed by atoms with E-state index in [0.29, 0.717) is 29.7 Å². The first-order valence-electron chi connectivity index (χ1n) is 7.26. The van der Waals surface area contributed by atoms with Gasteiger partial charge in [-0.1, -0.05) is 11.6 Å². The Hall–Kier alpha value is -2.15. The fraction of sp³-hybridized carbons (Fsp3) is 0.467. The Morgan fingerprint density at radius 1 is 1.35 bits per heavy atom. The number of benzene rings is 1. The summed E-state index contributed by atoms with van der Waals surface area (Å²) in [5.74, 6) is 0.149. The number of hydrogen-bond acceptors (Lipinski definition) is 4. The summed E-state index contributed by atoms with van der Waals surface area (Å²) in [6.07, 6.45) is 0.686. The Morgan fingerprint density at radius 3 is 2.83 bits per heavy atom. The van der Waals surface area contributed by atoms with Crippen LogP contribution in [0.2, 0.25) is 5.02 Å². The van der Waals surface area contributed by atoms with Gasteiger partial charge in [0.25, 0.3) is 0 Å². The molecule has 7 nitrogen and oxygen atoms in total. The van der Waals surface area contributed by atoms with Crippen molar-refractivity contribution >= 4 is 23.6 Å². The van der Waals surface area contributed by atoms with E-state index in [2.05, 4.69) is 5.32 Å². The lowest BCUT2D eigenvalue weighted by Gasteiger charge is -2.17. The standard InChI is InChI=1S/C15H19ClN2O5/c1-18(4-3-13(19)20)15(21)17-9-10-7-11(16)14-12(8-10)22-5-2-6-23-14/h7-8H,2-6,9H2,1H3,(H,17,21)(H,19,20). The molecule has 1 aliphatic rings. The number of nitrogens with zero attached hydrogens (tertiary/aromatic N) is 1. The molecule has 1 aliphatic heterocycles. The molecular weight excluding hydrogens is 324 g/mol. The van der Waals surface area contributed by atoms with E-state index in [1.807, 2.05) is 0 Å². The van der Waals surface area contributed by atoms with E-state index >= 15 is 0 Å². The lowest BCUT2D eigenvalue weighted by atomic mass is 10.2. The zero-order chi connectivity index (χ0) is 16.8. The van der Waals surface area contributed by atoms with Crippen molar-refractivity contribution in [2.45, 2.75) is 19.4 Å². The van der Waals surface area contributed by atoms with Crippen molar-refractivity contribution in [3.8, 4) is 11.5 Å². The van der Waals surface area contributed by atoms with Crippen molar-refractivity contribution in [1.82, 2.24) is 10.2 Å². The van der Waals surface area contributed by atoms with E-state index in [1.54, 1.807) is 19.2 Å². The maximum Gasteiger partial charge on any atom is 0.317 e. The van der Waals surface area contributed by atoms with E-state index < -0.39 is 5.97 Å². The number of carbonyl (C=O) groups excluding carboxylic acids is 1. The molecular formula is C15H19ClN2O5. The minimum Gasteiger partial charge on any atom is -0.489 e. The Kier molecular flexibility index (Phi) is 5.92. The summed E-state index contributed by atoms with van der Waals surface area (Å²) in [7, 11) is 1.54. The van der Waals surface area contributed by atoms with Gasteiger partial charge in [-0.15, -0.1) is 0 Å². The number of fused-ring (bicyclic) bond motifs is 1. The maximum absolute atomic E-state index is 11.9. The molecule has 0 saturated heterocycles. The van der Waals surface area contributed by atoms with Gasteiger partial charge in [-0.05, 0) is 17.7 Å². The van der Waals surface area contributed by atoms with Gasteiger partial charge in [0.2, 0.25) is 0 Å². The molecule has 2 N–H and O–H groups in total. The number of ether oxygens (including phenoxy) is 2. The normalized spacial score (nSPS) is 13.1. The number of halogens is 1. The molecule has 2 amide bonds. The van der Waals surface area contributed by atoms with Crippen LogP contribution in [0.3, 0.4) is 0 Å². The minimum atomic E-state index is -0.945. The number of carboxylic acid groups (broad SMARTS) is 1. The van der Waals surface area contributed by atoms with E-state index in [9.17, 15) is 9.59 Å². The van der Waals surface area contributed by atoms with Crippen molar-refractivity contribution in [3.63, 3.8) is 0 Å². The topological polar surface area (TPSA) is 88.1 Å². The summed E-state index contributed by atoms with van der Waals surface area (Å²) < 4.78 is 11.1. The number of amides is 2. The second-order valence-electron chi connectivity index (χ2n) is 5.18. The van der Waals surface area contributed by atoms with Crippen LogP contribution in [0.1, 0.15) is 18.4 Å². The number of hydrogen-bond donors (Lipinski definition) is 2. The molecule has 1 aromatic carbocycles. The molecule has 2 rings (SSSR count). The summed E-state index contributed by atoms with van der Waals surface area (Å²) in [6, 6.07) is 3.14. The van der Waals surface area contributed by atoms with E-state index in [4.69, 9.17) is 26.2 Å². The van der Waals surface area contributed by atoms with Crippen molar-refractivity contribution in [2.75, 3.05) is 26.8 Å². The summed E-state index contributed by atoms with van der Waals surface area (Å²) in [6.45, 7) is 1.50. The van der Waals surface area contributed by atoms with Crippen molar-refractivity contribution in [1.29, 1.82) is 0 Å². The van der Waals surface area contributed by atoms with Crippen LogP contribution in [0.4, 0.5) is 4.79 Å². The fourth-order valence-corrected chi connectivity index (χ4v) is 2.35. The first-order valence-corrected chi connectivity index (χ1v) is 7.64. The van der Waals surface area contributed by atoms with Crippen LogP contribution in [0.5, 0.6) is 11.5 Å². The van der Waals surface area contributed by atoms with E-state index in [1.165, 1.54) is 4.90 Å². The highest BCUT2D eigenvalue weighted by Gasteiger charge is 2.16. The molecule has 8 heteroatoms. The number of rotatable bonds is 5. The second kappa shape index (κ2) is 7.92. The van der Waals surface area contributed by atoms with Crippen LogP contribution < -0.4 is 14.8 Å². The summed E-state index contributed by atoms with van der Waals surface area (Å²) >= 11 is 6.19. The number of nitrogens with one attached hydrogen (secondary N) is 1. The molecule has 0 radical (unpaired) electrons. The largest absolute Gasteiger partial charge is 0.489 e. The average Bonchev–Trinajstić information content (AvgIpc) is 2.75. The maximum atomic E-state index is 11.9. The molecule has 1 heterocycles. The average molecular weight is 343 g/mol. The molecule has 0 spiro atoms. The number of aliphatic carboxylic acids is 1. The van der Waals surface area contributed by atoms with Crippen molar-refractivity contribution in [2.24, 2.45) is 0 Å². The van der Waals surface area contributed by atoms with Crippen LogP contribution in [-0.2, 0) is 11.3 Å². The minimum absolute atomic E-state index is 0.0974. The smallest absolute Gasteiger partial charge is 0.317 e. The SMILES string of the molecule is CN(CCC(=O)O)C(=O)NCc1cc(Cl)c2c(c1)OCCCO2. The van der Waals surface area contributed by atoms with Crippen LogP contribution in [0.15, 0.2) is 12.1 Å². The van der Waals surface area contributed by atoms with Crippen LogP contribution in [-0.4, -0.2) is 48.8 Å². The molecule has 126 valence electrons. The van der Waals surface area contributed by atoms with Gasteiger partial charge in [0.05, 0.1) is 24.7 Å². The molecule has 1 aromatic rings. The van der Waals surface area contributed by atoms with Crippen molar-refractivity contribution in [3.05, 3.63) is 22.7 Å².